The van der Waals surface area contributed by atoms with E-state index < -0.39 is 16.6 Å². The van der Waals surface area contributed by atoms with Crippen molar-refractivity contribution in [3.63, 3.8) is 0 Å². The number of piperidine rings is 1. The van der Waals surface area contributed by atoms with E-state index in [9.17, 15) is 23.7 Å². The number of amides is 1. The molecule has 1 saturated heterocycles. The Bertz CT molecular complexity index is 816. The second-order valence-corrected chi connectivity index (χ2v) is 6.15. The van der Waals surface area contributed by atoms with Gasteiger partial charge in [0.25, 0.3) is 5.69 Å². The van der Waals surface area contributed by atoms with Crippen molar-refractivity contribution in [2.75, 3.05) is 23.3 Å². The predicted octanol–water partition coefficient (Wildman–Crippen LogP) is 3.73. The molecule has 8 heteroatoms. The number of hydrogen-bond acceptors (Lipinski definition) is 4. The van der Waals surface area contributed by atoms with Gasteiger partial charge in [-0.25, -0.2) is 8.78 Å². The molecule has 1 fully saturated rings. The van der Waals surface area contributed by atoms with Crippen molar-refractivity contribution in [3.8, 4) is 0 Å². The highest BCUT2D eigenvalue weighted by Gasteiger charge is 2.28. The van der Waals surface area contributed by atoms with Crippen molar-refractivity contribution in [2.45, 2.75) is 12.8 Å². The molecule has 1 aliphatic rings. The zero-order valence-electron chi connectivity index (χ0n) is 13.8. The van der Waals surface area contributed by atoms with Gasteiger partial charge in [-0.15, -0.1) is 0 Å². The fraction of sp³-hybridized carbons (Fsp3) is 0.278. The van der Waals surface area contributed by atoms with Crippen LogP contribution in [0.1, 0.15) is 12.8 Å². The SMILES string of the molecule is O=C(Nc1cc(F)cc(F)c1)C1CCN(c2ccccc2[N+](=O)[O-])CC1. The number of carbonyl (C=O) groups excluding carboxylic acids is 1. The molecule has 1 N–H and O–H groups in total. The second-order valence-electron chi connectivity index (χ2n) is 6.15. The fourth-order valence-electron chi connectivity index (χ4n) is 3.14. The summed E-state index contributed by atoms with van der Waals surface area (Å²) in [6.07, 6.45) is 0.991. The number of anilines is 2. The molecule has 0 bridgehead atoms. The van der Waals surface area contributed by atoms with Crippen LogP contribution >= 0.6 is 0 Å². The van der Waals surface area contributed by atoms with Crippen LogP contribution in [0, 0.1) is 27.7 Å². The smallest absolute Gasteiger partial charge is 0.292 e. The Kier molecular flexibility index (Phi) is 5.11. The van der Waals surface area contributed by atoms with Crippen LogP contribution in [-0.4, -0.2) is 23.9 Å². The van der Waals surface area contributed by atoms with Gasteiger partial charge < -0.3 is 10.2 Å². The zero-order valence-corrected chi connectivity index (χ0v) is 13.8. The predicted molar refractivity (Wildman–Crippen MR) is 93.0 cm³/mol. The molecule has 0 spiro atoms. The Morgan fingerprint density at radius 2 is 1.73 bits per heavy atom. The standard InChI is InChI=1S/C18H17F2N3O3/c19-13-9-14(20)11-15(10-13)21-18(24)12-5-7-22(8-6-12)16-3-1-2-4-17(16)23(25)26/h1-4,9-12H,5-8H2,(H,21,24). The average molecular weight is 361 g/mol. The summed E-state index contributed by atoms with van der Waals surface area (Å²) < 4.78 is 26.4. The normalized spacial score (nSPS) is 14.9. The highest BCUT2D eigenvalue weighted by atomic mass is 19.1. The van der Waals surface area contributed by atoms with Crippen molar-refractivity contribution in [1.29, 1.82) is 0 Å². The van der Waals surface area contributed by atoms with E-state index in [1.54, 1.807) is 18.2 Å². The van der Waals surface area contributed by atoms with Crippen LogP contribution in [0.4, 0.5) is 25.8 Å². The lowest BCUT2D eigenvalue weighted by molar-refractivity contribution is -0.384. The molecule has 1 aliphatic heterocycles. The second kappa shape index (κ2) is 7.47. The quantitative estimate of drug-likeness (QED) is 0.665. The highest BCUT2D eigenvalue weighted by molar-refractivity contribution is 5.92. The molecule has 0 radical (unpaired) electrons. The number of hydrogen-bond donors (Lipinski definition) is 1. The van der Waals surface area contributed by atoms with Crippen LogP contribution in [0.2, 0.25) is 0 Å². The number of para-hydroxylation sites is 2. The van der Waals surface area contributed by atoms with Gasteiger partial charge in [0.1, 0.15) is 17.3 Å². The highest BCUT2D eigenvalue weighted by Crippen LogP contribution is 2.31. The van der Waals surface area contributed by atoms with E-state index in [0.717, 1.165) is 18.2 Å². The summed E-state index contributed by atoms with van der Waals surface area (Å²) in [6, 6.07) is 9.34. The molecule has 0 unspecified atom stereocenters. The van der Waals surface area contributed by atoms with Crippen molar-refractivity contribution in [1.82, 2.24) is 0 Å². The molecule has 2 aromatic carbocycles. The van der Waals surface area contributed by atoms with E-state index in [2.05, 4.69) is 5.32 Å². The minimum atomic E-state index is -0.758. The first kappa shape index (κ1) is 17.8. The van der Waals surface area contributed by atoms with Crippen molar-refractivity contribution in [2.24, 2.45) is 5.92 Å². The molecule has 1 amide bonds. The first-order valence-corrected chi connectivity index (χ1v) is 8.19. The lowest BCUT2D eigenvalue weighted by atomic mass is 9.95. The Morgan fingerprint density at radius 1 is 1.12 bits per heavy atom. The lowest BCUT2D eigenvalue weighted by Gasteiger charge is -2.32. The molecule has 26 heavy (non-hydrogen) atoms. The maximum absolute atomic E-state index is 13.2. The monoisotopic (exact) mass is 361 g/mol. The summed E-state index contributed by atoms with van der Waals surface area (Å²) in [6.45, 7) is 0.973. The van der Waals surface area contributed by atoms with Crippen LogP contribution in [0.15, 0.2) is 42.5 Å². The maximum Gasteiger partial charge on any atom is 0.292 e. The van der Waals surface area contributed by atoms with Crippen LogP contribution in [0.3, 0.4) is 0 Å². The van der Waals surface area contributed by atoms with E-state index in [1.165, 1.54) is 6.07 Å². The average Bonchev–Trinajstić information content (AvgIpc) is 2.61. The summed E-state index contributed by atoms with van der Waals surface area (Å²) >= 11 is 0. The zero-order chi connectivity index (χ0) is 18.7. The first-order valence-electron chi connectivity index (χ1n) is 8.19. The summed E-state index contributed by atoms with van der Waals surface area (Å²) in [7, 11) is 0. The number of benzene rings is 2. The van der Waals surface area contributed by atoms with Gasteiger partial charge in [0.05, 0.1) is 4.92 Å². The number of carbonyl (C=O) groups is 1. The molecule has 2 aromatic rings. The summed E-state index contributed by atoms with van der Waals surface area (Å²) in [4.78, 5) is 24.9. The van der Waals surface area contributed by atoms with Gasteiger partial charge in [0.2, 0.25) is 5.91 Å². The van der Waals surface area contributed by atoms with E-state index in [0.29, 0.717) is 31.6 Å². The number of nitrogens with zero attached hydrogens (tertiary/aromatic N) is 2. The number of nitrogens with one attached hydrogen (secondary N) is 1. The largest absolute Gasteiger partial charge is 0.366 e. The number of nitro groups is 1. The van der Waals surface area contributed by atoms with Crippen LogP contribution < -0.4 is 10.2 Å². The summed E-state index contributed by atoms with van der Waals surface area (Å²) in [5, 5.41) is 13.7. The van der Waals surface area contributed by atoms with E-state index in [-0.39, 0.29) is 23.2 Å². The van der Waals surface area contributed by atoms with Crippen LogP contribution in [0.25, 0.3) is 0 Å². The Labute approximate surface area is 148 Å². The van der Waals surface area contributed by atoms with Crippen LogP contribution in [0.5, 0.6) is 0 Å². The van der Waals surface area contributed by atoms with Gasteiger partial charge in [-0.1, -0.05) is 12.1 Å². The van der Waals surface area contributed by atoms with Gasteiger partial charge in [-0.3, -0.25) is 14.9 Å². The molecule has 3 rings (SSSR count). The van der Waals surface area contributed by atoms with Gasteiger partial charge in [-0.2, -0.15) is 0 Å². The van der Waals surface area contributed by atoms with Gasteiger partial charge in [-0.05, 0) is 31.0 Å². The third kappa shape index (κ3) is 3.96. The molecule has 136 valence electrons. The third-order valence-electron chi connectivity index (χ3n) is 4.41. The van der Waals surface area contributed by atoms with Crippen molar-refractivity contribution < 1.29 is 18.5 Å². The van der Waals surface area contributed by atoms with Crippen molar-refractivity contribution in [3.05, 3.63) is 64.2 Å². The van der Waals surface area contributed by atoms with Gasteiger partial charge in [0, 0.05) is 36.8 Å². The van der Waals surface area contributed by atoms with E-state index >= 15 is 0 Å². The molecule has 0 aliphatic carbocycles. The Hall–Kier alpha value is -3.03. The third-order valence-corrected chi connectivity index (χ3v) is 4.41. The summed E-state index contributed by atoms with van der Waals surface area (Å²) in [5.74, 6) is -2.14. The maximum atomic E-state index is 13.2. The van der Waals surface area contributed by atoms with Gasteiger partial charge >= 0.3 is 0 Å². The van der Waals surface area contributed by atoms with Crippen molar-refractivity contribution >= 4 is 23.0 Å². The molecule has 0 saturated carbocycles. The first-order chi connectivity index (χ1) is 12.4. The van der Waals surface area contributed by atoms with E-state index in [4.69, 9.17) is 0 Å². The molecule has 1 heterocycles. The molecule has 0 aromatic heterocycles. The minimum Gasteiger partial charge on any atom is -0.366 e. The topological polar surface area (TPSA) is 75.5 Å². The summed E-state index contributed by atoms with van der Waals surface area (Å²) in [5.41, 5.74) is 0.642. The minimum absolute atomic E-state index is 0.0330. The molecule has 6 nitrogen and oxygen atoms in total. The van der Waals surface area contributed by atoms with Gasteiger partial charge in [0.15, 0.2) is 0 Å². The van der Waals surface area contributed by atoms with E-state index in [1.807, 2.05) is 4.90 Å². The Morgan fingerprint density at radius 3 is 2.35 bits per heavy atom. The molecule has 0 atom stereocenters. The molecular formula is C18H17F2N3O3. The number of halogens is 2. The molecular weight excluding hydrogens is 344 g/mol. The Balaban J connectivity index is 1.63. The number of rotatable bonds is 4. The lowest BCUT2D eigenvalue weighted by Crippen LogP contribution is -2.38. The van der Waals surface area contributed by atoms with Crippen LogP contribution in [-0.2, 0) is 4.79 Å². The number of nitro benzene ring substituents is 1. The fourth-order valence-corrected chi connectivity index (χ4v) is 3.14.